The number of phenolic OH excluding ortho intramolecular Hbond substituents is 1. The monoisotopic (exact) mass is 376 g/mol. The van der Waals surface area contributed by atoms with Gasteiger partial charge in [-0.05, 0) is 29.8 Å². The molecule has 0 fully saturated rings. The molecular formula is C21H17ClN4O. The summed E-state index contributed by atoms with van der Waals surface area (Å²) in [5.74, 6) is 0.751. The molecule has 134 valence electrons. The summed E-state index contributed by atoms with van der Waals surface area (Å²) in [7, 11) is 0. The Labute approximate surface area is 161 Å². The van der Waals surface area contributed by atoms with Gasteiger partial charge in [-0.15, -0.1) is 0 Å². The number of hydrogen-bond acceptors (Lipinski definition) is 5. The van der Waals surface area contributed by atoms with Gasteiger partial charge in [-0.3, -0.25) is 4.98 Å². The molecular weight excluding hydrogens is 360 g/mol. The molecule has 2 aromatic carbocycles. The minimum absolute atomic E-state index is 0.0972. The molecule has 0 amide bonds. The number of nitrogens with zero attached hydrogens (tertiary/aromatic N) is 2. The van der Waals surface area contributed by atoms with E-state index in [1.165, 1.54) is 0 Å². The van der Waals surface area contributed by atoms with Crippen molar-refractivity contribution in [1.82, 2.24) is 9.97 Å². The third kappa shape index (κ3) is 3.25. The Morgan fingerprint density at radius 2 is 1.74 bits per heavy atom. The van der Waals surface area contributed by atoms with Crippen molar-refractivity contribution in [3.8, 4) is 5.75 Å². The summed E-state index contributed by atoms with van der Waals surface area (Å²) >= 11 is 6.49. The summed E-state index contributed by atoms with van der Waals surface area (Å²) in [4.78, 5) is 8.64. The van der Waals surface area contributed by atoms with Crippen LogP contribution in [-0.4, -0.2) is 15.1 Å². The smallest absolute Gasteiger partial charge is 0.147 e. The highest BCUT2D eigenvalue weighted by Crippen LogP contribution is 2.39. The summed E-state index contributed by atoms with van der Waals surface area (Å²) in [6.07, 6.45) is 3.35. The van der Waals surface area contributed by atoms with Crippen LogP contribution in [-0.2, 0) is 0 Å². The van der Waals surface area contributed by atoms with Gasteiger partial charge in [0, 0.05) is 23.3 Å². The zero-order chi connectivity index (χ0) is 18.8. The van der Waals surface area contributed by atoms with E-state index in [0.29, 0.717) is 27.6 Å². The topological polar surface area (TPSA) is 84.1 Å². The number of aromatic nitrogens is 2. The molecule has 27 heavy (non-hydrogen) atoms. The first-order valence-electron chi connectivity index (χ1n) is 8.43. The van der Waals surface area contributed by atoms with Crippen LogP contribution in [0.4, 0.5) is 11.5 Å². The number of benzene rings is 2. The van der Waals surface area contributed by atoms with Crippen LogP contribution < -0.4 is 11.1 Å². The molecule has 4 rings (SSSR count). The van der Waals surface area contributed by atoms with Crippen LogP contribution >= 0.6 is 11.6 Å². The van der Waals surface area contributed by atoms with Gasteiger partial charge in [0.25, 0.3) is 0 Å². The van der Waals surface area contributed by atoms with Crippen LogP contribution in [0.2, 0.25) is 5.02 Å². The average molecular weight is 377 g/mol. The van der Waals surface area contributed by atoms with Gasteiger partial charge in [-0.1, -0.05) is 48.0 Å². The van der Waals surface area contributed by atoms with Gasteiger partial charge in [-0.25, -0.2) is 4.98 Å². The first-order valence-corrected chi connectivity index (χ1v) is 8.81. The van der Waals surface area contributed by atoms with Crippen LogP contribution in [0.15, 0.2) is 73.1 Å². The normalized spacial score (nSPS) is 12.0. The van der Waals surface area contributed by atoms with E-state index in [1.807, 2.05) is 54.6 Å². The number of rotatable bonds is 4. The number of halogens is 1. The molecule has 2 aromatic heterocycles. The Bertz CT molecular complexity index is 1100. The largest absolute Gasteiger partial charge is 0.505 e. The zero-order valence-electron chi connectivity index (χ0n) is 14.3. The number of nitrogens with one attached hydrogen (secondary N) is 1. The first kappa shape index (κ1) is 17.1. The van der Waals surface area contributed by atoms with Gasteiger partial charge >= 0.3 is 0 Å². The minimum atomic E-state index is -0.456. The van der Waals surface area contributed by atoms with Crippen molar-refractivity contribution in [3.63, 3.8) is 0 Å². The SMILES string of the molecule is Nc1cccc(C(Nc2ccccn2)c2ccc3cccnc3c2O)c1Cl. The van der Waals surface area contributed by atoms with Gasteiger partial charge in [0.2, 0.25) is 0 Å². The van der Waals surface area contributed by atoms with Crippen LogP contribution in [0.3, 0.4) is 0 Å². The molecule has 2 heterocycles. The highest BCUT2D eigenvalue weighted by Gasteiger charge is 2.23. The maximum atomic E-state index is 10.9. The molecule has 4 aromatic rings. The van der Waals surface area contributed by atoms with E-state index in [2.05, 4.69) is 15.3 Å². The predicted molar refractivity (Wildman–Crippen MR) is 109 cm³/mol. The summed E-state index contributed by atoms with van der Waals surface area (Å²) in [6.45, 7) is 0. The van der Waals surface area contributed by atoms with Crippen molar-refractivity contribution in [2.45, 2.75) is 6.04 Å². The van der Waals surface area contributed by atoms with Crippen molar-refractivity contribution in [2.75, 3.05) is 11.1 Å². The number of fused-ring (bicyclic) bond motifs is 1. The van der Waals surface area contributed by atoms with Crippen LogP contribution in [0, 0.1) is 0 Å². The van der Waals surface area contributed by atoms with Gasteiger partial charge in [0.1, 0.15) is 17.1 Å². The Hall–Kier alpha value is -3.31. The first-order chi connectivity index (χ1) is 13.1. The fraction of sp³-hybridized carbons (Fsp3) is 0.0476. The van der Waals surface area contributed by atoms with E-state index >= 15 is 0 Å². The zero-order valence-corrected chi connectivity index (χ0v) is 15.1. The predicted octanol–water partition coefficient (Wildman–Crippen LogP) is 4.77. The van der Waals surface area contributed by atoms with Crippen LogP contribution in [0.5, 0.6) is 5.75 Å². The second-order valence-corrected chi connectivity index (χ2v) is 6.50. The molecule has 1 atom stereocenters. The van der Waals surface area contributed by atoms with Crippen molar-refractivity contribution < 1.29 is 5.11 Å². The van der Waals surface area contributed by atoms with Crippen LogP contribution in [0.1, 0.15) is 17.2 Å². The molecule has 0 spiro atoms. The maximum absolute atomic E-state index is 10.9. The third-order valence-corrected chi connectivity index (χ3v) is 4.85. The lowest BCUT2D eigenvalue weighted by atomic mass is 9.95. The molecule has 1 unspecified atom stereocenters. The van der Waals surface area contributed by atoms with E-state index in [1.54, 1.807) is 18.5 Å². The lowest BCUT2D eigenvalue weighted by Gasteiger charge is -2.23. The van der Waals surface area contributed by atoms with E-state index in [4.69, 9.17) is 17.3 Å². The van der Waals surface area contributed by atoms with E-state index in [-0.39, 0.29) is 5.75 Å². The molecule has 6 heteroatoms. The number of anilines is 2. The Morgan fingerprint density at radius 3 is 2.56 bits per heavy atom. The molecule has 0 saturated heterocycles. The molecule has 5 nitrogen and oxygen atoms in total. The Kier molecular flexibility index (Phi) is 4.52. The number of nitrogens with two attached hydrogens (primary N) is 1. The van der Waals surface area contributed by atoms with E-state index < -0.39 is 6.04 Å². The number of nitrogen functional groups attached to an aromatic ring is 1. The fourth-order valence-electron chi connectivity index (χ4n) is 3.09. The highest BCUT2D eigenvalue weighted by molar-refractivity contribution is 6.34. The molecule has 0 saturated carbocycles. The molecule has 0 aliphatic heterocycles. The Balaban J connectivity index is 1.90. The lowest BCUT2D eigenvalue weighted by Crippen LogP contribution is -2.14. The highest BCUT2D eigenvalue weighted by atomic mass is 35.5. The molecule has 0 aliphatic carbocycles. The van der Waals surface area contributed by atoms with E-state index in [0.717, 1.165) is 10.9 Å². The number of hydrogen-bond donors (Lipinski definition) is 3. The number of aromatic hydroxyl groups is 1. The van der Waals surface area contributed by atoms with Crippen molar-refractivity contribution >= 4 is 34.0 Å². The molecule has 0 bridgehead atoms. The summed E-state index contributed by atoms with van der Waals surface area (Å²) in [6, 6.07) is 18.1. The summed E-state index contributed by atoms with van der Waals surface area (Å²) < 4.78 is 0. The summed E-state index contributed by atoms with van der Waals surface area (Å²) in [5.41, 5.74) is 8.39. The summed E-state index contributed by atoms with van der Waals surface area (Å²) in [5, 5.41) is 15.6. The quantitative estimate of drug-likeness (QED) is 0.447. The fourth-order valence-corrected chi connectivity index (χ4v) is 3.32. The minimum Gasteiger partial charge on any atom is -0.505 e. The van der Waals surface area contributed by atoms with Crippen LogP contribution in [0.25, 0.3) is 10.9 Å². The van der Waals surface area contributed by atoms with Crippen molar-refractivity contribution in [1.29, 1.82) is 0 Å². The number of phenols is 1. The average Bonchev–Trinajstić information content (AvgIpc) is 2.70. The standard InChI is InChI=1S/C21H17ClN4O/c22-18-14(6-3-7-16(18)23)20(26-17-8-1-2-11-24-17)15-10-9-13-5-4-12-25-19(13)21(15)27/h1-12,20,27H,23H2,(H,24,26). The van der Waals surface area contributed by atoms with Gasteiger partial charge in [-0.2, -0.15) is 0 Å². The van der Waals surface area contributed by atoms with Gasteiger partial charge < -0.3 is 16.2 Å². The second kappa shape index (κ2) is 7.13. The van der Waals surface area contributed by atoms with Crippen molar-refractivity contribution in [3.05, 3.63) is 89.2 Å². The van der Waals surface area contributed by atoms with Gasteiger partial charge in [0.05, 0.1) is 16.8 Å². The molecule has 4 N–H and O–H groups in total. The third-order valence-electron chi connectivity index (χ3n) is 4.42. The second-order valence-electron chi connectivity index (χ2n) is 6.12. The lowest BCUT2D eigenvalue weighted by molar-refractivity contribution is 0.471. The van der Waals surface area contributed by atoms with Crippen molar-refractivity contribution in [2.24, 2.45) is 0 Å². The molecule has 0 aliphatic rings. The number of pyridine rings is 2. The Morgan fingerprint density at radius 1 is 0.889 bits per heavy atom. The maximum Gasteiger partial charge on any atom is 0.147 e. The van der Waals surface area contributed by atoms with E-state index in [9.17, 15) is 5.11 Å². The molecule has 0 radical (unpaired) electrons. The van der Waals surface area contributed by atoms with Gasteiger partial charge in [0.15, 0.2) is 0 Å².